The molecule has 2 aromatic carbocycles. The first-order valence-electron chi connectivity index (χ1n) is 7.97. The fourth-order valence-electron chi connectivity index (χ4n) is 2.58. The minimum atomic E-state index is -0.425. The lowest BCUT2D eigenvalue weighted by molar-refractivity contribution is 0.0911. The second-order valence-electron chi connectivity index (χ2n) is 5.69. The summed E-state index contributed by atoms with van der Waals surface area (Å²) in [4.78, 5) is 24.3. The molecular weight excluding hydrogens is 359 g/mol. The van der Waals surface area contributed by atoms with Crippen LogP contribution in [0.4, 0.5) is 4.39 Å². The summed E-state index contributed by atoms with van der Waals surface area (Å²) in [5.74, 6) is -1.01. The quantitative estimate of drug-likeness (QED) is 0.669. The van der Waals surface area contributed by atoms with Crippen LogP contribution in [-0.4, -0.2) is 24.9 Å². The minimum absolute atomic E-state index is 0.128. The topological polar surface area (TPSA) is 71.3 Å². The van der Waals surface area contributed by atoms with Gasteiger partial charge in [0, 0.05) is 24.0 Å². The zero-order chi connectivity index (χ0) is 18.7. The summed E-state index contributed by atoms with van der Waals surface area (Å²) in [5.41, 5.74) is 1.38. The van der Waals surface area contributed by atoms with Gasteiger partial charge in [-0.25, -0.2) is 4.39 Å². The van der Waals surface area contributed by atoms with Crippen LogP contribution in [-0.2, 0) is 0 Å². The van der Waals surface area contributed by atoms with Crippen LogP contribution in [0.3, 0.4) is 0 Å². The van der Waals surface area contributed by atoms with Gasteiger partial charge in [0.15, 0.2) is 5.76 Å². The Balaban J connectivity index is 1.57. The van der Waals surface area contributed by atoms with Crippen LogP contribution in [0.2, 0.25) is 5.02 Å². The number of hydrogen-bond acceptors (Lipinski definition) is 3. The highest BCUT2D eigenvalue weighted by Gasteiger charge is 2.17. The third-order valence-corrected chi connectivity index (χ3v) is 4.25. The van der Waals surface area contributed by atoms with E-state index in [4.69, 9.17) is 16.0 Å². The van der Waals surface area contributed by atoms with Crippen molar-refractivity contribution in [3.8, 4) is 0 Å². The van der Waals surface area contributed by atoms with Gasteiger partial charge in [-0.2, -0.15) is 0 Å². The van der Waals surface area contributed by atoms with Crippen molar-refractivity contribution in [3.05, 3.63) is 70.2 Å². The Morgan fingerprint density at radius 1 is 1.08 bits per heavy atom. The average molecular weight is 375 g/mol. The Morgan fingerprint density at radius 3 is 2.50 bits per heavy atom. The first kappa shape index (κ1) is 17.9. The van der Waals surface area contributed by atoms with Crippen molar-refractivity contribution in [1.82, 2.24) is 10.6 Å². The number of benzene rings is 2. The van der Waals surface area contributed by atoms with Crippen molar-refractivity contribution in [2.75, 3.05) is 13.1 Å². The number of amides is 2. The van der Waals surface area contributed by atoms with Crippen LogP contribution >= 0.6 is 11.6 Å². The minimum Gasteiger partial charge on any atom is -0.451 e. The van der Waals surface area contributed by atoms with E-state index in [1.54, 1.807) is 31.2 Å². The molecule has 0 unspecified atom stereocenters. The number of fused-ring (bicyclic) bond motifs is 1. The number of hydrogen-bond donors (Lipinski definition) is 2. The molecule has 134 valence electrons. The summed E-state index contributed by atoms with van der Waals surface area (Å²) in [7, 11) is 0. The highest BCUT2D eigenvalue weighted by molar-refractivity contribution is 6.33. The smallest absolute Gasteiger partial charge is 0.287 e. The zero-order valence-electron chi connectivity index (χ0n) is 13.9. The van der Waals surface area contributed by atoms with Gasteiger partial charge in [-0.15, -0.1) is 0 Å². The van der Waals surface area contributed by atoms with E-state index in [0.717, 1.165) is 0 Å². The number of carbonyl (C=O) groups excluding carboxylic acids is 2. The summed E-state index contributed by atoms with van der Waals surface area (Å²) >= 11 is 5.96. The Morgan fingerprint density at radius 2 is 1.77 bits per heavy atom. The fourth-order valence-corrected chi connectivity index (χ4v) is 2.80. The number of carbonyl (C=O) groups is 2. The van der Waals surface area contributed by atoms with Crippen LogP contribution in [0.5, 0.6) is 0 Å². The lowest BCUT2D eigenvalue weighted by Crippen LogP contribution is -2.34. The van der Waals surface area contributed by atoms with E-state index < -0.39 is 11.7 Å². The highest BCUT2D eigenvalue weighted by Crippen LogP contribution is 2.25. The van der Waals surface area contributed by atoms with E-state index in [-0.39, 0.29) is 24.8 Å². The van der Waals surface area contributed by atoms with Crippen LogP contribution < -0.4 is 10.6 Å². The Bertz CT molecular complexity index is 984. The molecule has 7 heteroatoms. The van der Waals surface area contributed by atoms with Gasteiger partial charge in [0.25, 0.3) is 11.8 Å². The van der Waals surface area contributed by atoms with Gasteiger partial charge < -0.3 is 15.1 Å². The van der Waals surface area contributed by atoms with Crippen molar-refractivity contribution in [2.45, 2.75) is 6.92 Å². The van der Waals surface area contributed by atoms with Gasteiger partial charge in [0.2, 0.25) is 0 Å². The second kappa shape index (κ2) is 7.58. The van der Waals surface area contributed by atoms with Gasteiger partial charge in [0.05, 0.1) is 10.6 Å². The Kier molecular flexibility index (Phi) is 5.23. The van der Waals surface area contributed by atoms with Crippen LogP contribution in [0.1, 0.15) is 26.5 Å². The summed E-state index contributed by atoms with van der Waals surface area (Å²) < 4.78 is 18.8. The van der Waals surface area contributed by atoms with E-state index in [1.165, 1.54) is 18.2 Å². The largest absolute Gasteiger partial charge is 0.451 e. The van der Waals surface area contributed by atoms with Gasteiger partial charge in [-0.1, -0.05) is 23.7 Å². The highest BCUT2D eigenvalue weighted by atomic mass is 35.5. The molecule has 0 saturated heterocycles. The molecule has 1 heterocycles. The molecule has 0 aliphatic carbocycles. The summed E-state index contributed by atoms with van der Waals surface area (Å²) in [6, 6.07) is 10.8. The SMILES string of the molecule is Cc1c(C(=O)NCCNC(=O)c2ccccc2Cl)oc2ccc(F)cc12. The van der Waals surface area contributed by atoms with Gasteiger partial charge in [-0.05, 0) is 37.3 Å². The molecule has 3 aromatic rings. The first-order valence-corrected chi connectivity index (χ1v) is 8.34. The van der Waals surface area contributed by atoms with Gasteiger partial charge in [0.1, 0.15) is 11.4 Å². The second-order valence-corrected chi connectivity index (χ2v) is 6.10. The van der Waals surface area contributed by atoms with Crippen LogP contribution in [0.25, 0.3) is 11.0 Å². The lowest BCUT2D eigenvalue weighted by atomic mass is 10.1. The Labute approximate surface area is 154 Å². The van der Waals surface area contributed by atoms with Crippen LogP contribution in [0, 0.1) is 12.7 Å². The third-order valence-electron chi connectivity index (χ3n) is 3.92. The monoisotopic (exact) mass is 374 g/mol. The molecule has 2 N–H and O–H groups in total. The standard InChI is InChI=1S/C19H16ClFN2O3/c1-11-14-10-12(21)6-7-16(14)26-17(11)19(25)23-9-8-22-18(24)13-4-2-3-5-15(13)20/h2-7,10H,8-9H2,1H3,(H,22,24)(H,23,25). The molecule has 0 spiro atoms. The molecule has 5 nitrogen and oxygen atoms in total. The first-order chi connectivity index (χ1) is 12.5. The average Bonchev–Trinajstić information content (AvgIpc) is 2.95. The molecule has 0 atom stereocenters. The zero-order valence-corrected chi connectivity index (χ0v) is 14.7. The maximum Gasteiger partial charge on any atom is 0.287 e. The molecule has 0 fully saturated rings. The van der Waals surface area contributed by atoms with Crippen molar-refractivity contribution < 1.29 is 18.4 Å². The molecule has 26 heavy (non-hydrogen) atoms. The van der Waals surface area contributed by atoms with Crippen molar-refractivity contribution in [1.29, 1.82) is 0 Å². The van der Waals surface area contributed by atoms with Gasteiger partial charge in [-0.3, -0.25) is 9.59 Å². The maximum atomic E-state index is 13.3. The summed E-state index contributed by atoms with van der Waals surface area (Å²) in [6.45, 7) is 2.13. The number of nitrogens with one attached hydrogen (secondary N) is 2. The van der Waals surface area contributed by atoms with Crippen molar-refractivity contribution in [2.24, 2.45) is 0 Å². The number of rotatable bonds is 5. The van der Waals surface area contributed by atoms with Gasteiger partial charge >= 0.3 is 0 Å². The predicted molar refractivity (Wildman–Crippen MR) is 97.0 cm³/mol. The molecule has 0 bridgehead atoms. The van der Waals surface area contributed by atoms with Crippen LogP contribution in [0.15, 0.2) is 46.9 Å². The molecule has 0 saturated carbocycles. The summed E-state index contributed by atoms with van der Waals surface area (Å²) in [6.07, 6.45) is 0. The van der Waals surface area contributed by atoms with Crippen molar-refractivity contribution >= 4 is 34.4 Å². The Hall–Kier alpha value is -2.86. The number of halogens is 2. The molecule has 2 amide bonds. The van der Waals surface area contributed by atoms with E-state index in [1.807, 2.05) is 0 Å². The fraction of sp³-hybridized carbons (Fsp3) is 0.158. The molecule has 0 radical (unpaired) electrons. The predicted octanol–water partition coefficient (Wildman–Crippen LogP) is 3.69. The third kappa shape index (κ3) is 3.70. The number of furan rings is 1. The summed E-state index contributed by atoms with van der Waals surface area (Å²) in [5, 5.41) is 6.26. The van der Waals surface area contributed by atoms with E-state index in [9.17, 15) is 14.0 Å². The van der Waals surface area contributed by atoms with E-state index >= 15 is 0 Å². The van der Waals surface area contributed by atoms with E-state index in [2.05, 4.69) is 10.6 Å². The lowest BCUT2D eigenvalue weighted by Gasteiger charge is -2.07. The molecule has 0 aliphatic heterocycles. The maximum absolute atomic E-state index is 13.3. The molecule has 1 aromatic heterocycles. The molecular formula is C19H16ClFN2O3. The number of aryl methyl sites for hydroxylation is 1. The molecule has 3 rings (SSSR count). The van der Waals surface area contributed by atoms with E-state index in [0.29, 0.717) is 27.1 Å². The normalized spacial score (nSPS) is 10.7. The molecule has 0 aliphatic rings. The van der Waals surface area contributed by atoms with Crippen molar-refractivity contribution in [3.63, 3.8) is 0 Å².